The standard InChI is InChI=1S/C11H19NO/c1-5-9(3)11(13)12-7-8(2)6-10(12)4/h9-10H,2,5-7H2,1,3-4H3/t9?,10-/m1/s1. The Labute approximate surface area is 80.6 Å². The summed E-state index contributed by atoms with van der Waals surface area (Å²) >= 11 is 0. The van der Waals surface area contributed by atoms with Crippen LogP contribution in [0.5, 0.6) is 0 Å². The van der Waals surface area contributed by atoms with Crippen LogP contribution in [0, 0.1) is 5.92 Å². The highest BCUT2D eigenvalue weighted by Crippen LogP contribution is 2.23. The number of hydrogen-bond acceptors (Lipinski definition) is 1. The summed E-state index contributed by atoms with van der Waals surface area (Å²) in [6.07, 6.45) is 1.90. The van der Waals surface area contributed by atoms with E-state index in [4.69, 9.17) is 0 Å². The quantitative estimate of drug-likeness (QED) is 0.598. The van der Waals surface area contributed by atoms with Crippen molar-refractivity contribution in [1.82, 2.24) is 4.90 Å². The first-order chi connectivity index (χ1) is 6.06. The van der Waals surface area contributed by atoms with Gasteiger partial charge in [0.1, 0.15) is 0 Å². The molecule has 1 heterocycles. The molecule has 0 spiro atoms. The van der Waals surface area contributed by atoms with Crippen molar-refractivity contribution in [1.29, 1.82) is 0 Å². The van der Waals surface area contributed by atoms with Gasteiger partial charge >= 0.3 is 0 Å². The molecule has 1 aliphatic heterocycles. The van der Waals surface area contributed by atoms with E-state index in [2.05, 4.69) is 20.4 Å². The smallest absolute Gasteiger partial charge is 0.225 e. The first-order valence-electron chi connectivity index (χ1n) is 5.03. The van der Waals surface area contributed by atoms with Crippen LogP contribution in [0.2, 0.25) is 0 Å². The van der Waals surface area contributed by atoms with E-state index in [1.807, 2.05) is 11.8 Å². The van der Waals surface area contributed by atoms with E-state index in [-0.39, 0.29) is 11.8 Å². The lowest BCUT2D eigenvalue weighted by atomic mass is 10.1. The van der Waals surface area contributed by atoms with E-state index in [0.717, 1.165) is 19.4 Å². The largest absolute Gasteiger partial charge is 0.335 e. The SMILES string of the molecule is C=C1C[C@@H](C)N(C(=O)C(C)CC)C1. The predicted octanol–water partition coefficient (Wildman–Crippen LogP) is 2.21. The van der Waals surface area contributed by atoms with Crippen molar-refractivity contribution < 1.29 is 4.79 Å². The van der Waals surface area contributed by atoms with Gasteiger partial charge in [-0.25, -0.2) is 0 Å². The second-order valence-corrected chi connectivity index (χ2v) is 4.08. The molecule has 2 nitrogen and oxygen atoms in total. The van der Waals surface area contributed by atoms with E-state index in [9.17, 15) is 4.79 Å². The third-order valence-electron chi connectivity index (χ3n) is 2.83. The van der Waals surface area contributed by atoms with Gasteiger partial charge in [-0.05, 0) is 19.8 Å². The zero-order valence-electron chi connectivity index (χ0n) is 8.84. The van der Waals surface area contributed by atoms with Crippen molar-refractivity contribution in [3.8, 4) is 0 Å². The monoisotopic (exact) mass is 181 g/mol. The average Bonchev–Trinajstić information content (AvgIpc) is 2.42. The molecule has 0 aromatic heterocycles. The summed E-state index contributed by atoms with van der Waals surface area (Å²) in [5, 5.41) is 0. The van der Waals surface area contributed by atoms with Gasteiger partial charge in [0.25, 0.3) is 0 Å². The number of carbonyl (C=O) groups excluding carboxylic acids is 1. The normalized spacial score (nSPS) is 25.0. The van der Waals surface area contributed by atoms with E-state index < -0.39 is 0 Å². The lowest BCUT2D eigenvalue weighted by Crippen LogP contribution is -2.37. The molecular formula is C11H19NO. The first-order valence-corrected chi connectivity index (χ1v) is 5.03. The lowest BCUT2D eigenvalue weighted by Gasteiger charge is -2.24. The number of hydrogen-bond donors (Lipinski definition) is 0. The molecule has 0 radical (unpaired) electrons. The highest BCUT2D eigenvalue weighted by Gasteiger charge is 2.29. The highest BCUT2D eigenvalue weighted by atomic mass is 16.2. The molecule has 0 bridgehead atoms. The van der Waals surface area contributed by atoms with Crippen molar-refractivity contribution in [2.75, 3.05) is 6.54 Å². The molecule has 1 unspecified atom stereocenters. The van der Waals surface area contributed by atoms with Crippen molar-refractivity contribution in [3.05, 3.63) is 12.2 Å². The van der Waals surface area contributed by atoms with Crippen molar-refractivity contribution in [2.45, 2.75) is 39.7 Å². The van der Waals surface area contributed by atoms with E-state index in [0.29, 0.717) is 6.04 Å². The summed E-state index contributed by atoms with van der Waals surface area (Å²) in [6.45, 7) is 10.8. The molecule has 1 aliphatic rings. The maximum Gasteiger partial charge on any atom is 0.225 e. The van der Waals surface area contributed by atoms with Gasteiger partial charge in [0.2, 0.25) is 5.91 Å². The Bertz CT molecular complexity index is 222. The highest BCUT2D eigenvalue weighted by molar-refractivity contribution is 5.79. The van der Waals surface area contributed by atoms with Crippen LogP contribution in [-0.2, 0) is 4.79 Å². The van der Waals surface area contributed by atoms with Crippen LogP contribution in [-0.4, -0.2) is 23.4 Å². The molecule has 13 heavy (non-hydrogen) atoms. The van der Waals surface area contributed by atoms with E-state index >= 15 is 0 Å². The average molecular weight is 181 g/mol. The van der Waals surface area contributed by atoms with Crippen molar-refractivity contribution in [2.24, 2.45) is 5.92 Å². The third kappa shape index (κ3) is 2.11. The summed E-state index contributed by atoms with van der Waals surface area (Å²) in [6, 6.07) is 0.356. The summed E-state index contributed by atoms with van der Waals surface area (Å²) in [4.78, 5) is 13.8. The van der Waals surface area contributed by atoms with E-state index in [1.165, 1.54) is 5.57 Å². The van der Waals surface area contributed by atoms with Crippen molar-refractivity contribution in [3.63, 3.8) is 0 Å². The van der Waals surface area contributed by atoms with Crippen LogP contribution in [0.25, 0.3) is 0 Å². The molecule has 0 N–H and O–H groups in total. The first kappa shape index (κ1) is 10.3. The zero-order chi connectivity index (χ0) is 10.0. The summed E-state index contributed by atoms with van der Waals surface area (Å²) in [7, 11) is 0. The minimum Gasteiger partial charge on any atom is -0.335 e. The third-order valence-corrected chi connectivity index (χ3v) is 2.83. The van der Waals surface area contributed by atoms with Gasteiger partial charge in [0, 0.05) is 18.5 Å². The van der Waals surface area contributed by atoms with Crippen molar-refractivity contribution >= 4 is 5.91 Å². The molecule has 1 rings (SSSR count). The number of likely N-dealkylation sites (tertiary alicyclic amines) is 1. The zero-order valence-corrected chi connectivity index (χ0v) is 8.84. The van der Waals surface area contributed by atoms with Crippen LogP contribution in [0.4, 0.5) is 0 Å². The second-order valence-electron chi connectivity index (χ2n) is 4.08. The fraction of sp³-hybridized carbons (Fsp3) is 0.727. The van der Waals surface area contributed by atoms with Crippen LogP contribution in [0.15, 0.2) is 12.2 Å². The summed E-state index contributed by atoms with van der Waals surface area (Å²) in [5.74, 6) is 0.446. The molecule has 2 atom stereocenters. The minimum atomic E-state index is 0.161. The van der Waals surface area contributed by atoms with Gasteiger partial charge in [-0.2, -0.15) is 0 Å². The van der Waals surface area contributed by atoms with Crippen LogP contribution in [0.1, 0.15) is 33.6 Å². The fourth-order valence-electron chi connectivity index (χ4n) is 1.74. The Morgan fingerprint density at radius 3 is 2.77 bits per heavy atom. The Morgan fingerprint density at radius 2 is 2.38 bits per heavy atom. The maximum absolute atomic E-state index is 11.8. The van der Waals surface area contributed by atoms with Gasteiger partial charge in [-0.3, -0.25) is 4.79 Å². The molecule has 1 saturated heterocycles. The van der Waals surface area contributed by atoms with Crippen LogP contribution >= 0.6 is 0 Å². The molecule has 0 aliphatic carbocycles. The Hall–Kier alpha value is -0.790. The number of amides is 1. The topological polar surface area (TPSA) is 20.3 Å². The number of carbonyl (C=O) groups is 1. The van der Waals surface area contributed by atoms with Gasteiger partial charge in [-0.15, -0.1) is 0 Å². The van der Waals surface area contributed by atoms with Gasteiger partial charge in [-0.1, -0.05) is 26.0 Å². The molecule has 1 fully saturated rings. The maximum atomic E-state index is 11.8. The van der Waals surface area contributed by atoms with Crippen LogP contribution < -0.4 is 0 Å². The lowest BCUT2D eigenvalue weighted by molar-refractivity contribution is -0.135. The molecule has 0 aromatic carbocycles. The molecule has 0 aromatic rings. The molecule has 2 heteroatoms. The van der Waals surface area contributed by atoms with Gasteiger partial charge in [0.15, 0.2) is 0 Å². The molecule has 74 valence electrons. The fourth-order valence-corrected chi connectivity index (χ4v) is 1.74. The predicted molar refractivity (Wildman–Crippen MR) is 54.4 cm³/mol. The molecule has 0 saturated carbocycles. The number of nitrogens with zero attached hydrogens (tertiary/aromatic N) is 1. The summed E-state index contributed by atoms with van der Waals surface area (Å²) < 4.78 is 0. The molecule has 1 amide bonds. The minimum absolute atomic E-state index is 0.161. The second kappa shape index (κ2) is 3.95. The Balaban J connectivity index is 2.62. The van der Waals surface area contributed by atoms with Gasteiger partial charge < -0.3 is 4.90 Å². The molecular weight excluding hydrogens is 162 g/mol. The van der Waals surface area contributed by atoms with Crippen LogP contribution in [0.3, 0.4) is 0 Å². The van der Waals surface area contributed by atoms with E-state index in [1.54, 1.807) is 0 Å². The Kier molecular flexibility index (Phi) is 3.12. The summed E-state index contributed by atoms with van der Waals surface area (Å²) in [5.41, 5.74) is 1.18. The van der Waals surface area contributed by atoms with Gasteiger partial charge in [0.05, 0.1) is 0 Å². The Morgan fingerprint density at radius 1 is 1.77 bits per heavy atom. The number of rotatable bonds is 2.